The van der Waals surface area contributed by atoms with Gasteiger partial charge < -0.3 is 0 Å². The maximum atomic E-state index is 3.98. The minimum Gasteiger partial charge on any atom is -0.173 e. The molecule has 0 spiro atoms. The van der Waals surface area contributed by atoms with E-state index in [1.54, 1.807) is 12.3 Å². The van der Waals surface area contributed by atoms with Crippen LogP contribution in [0, 0.1) is 0 Å². The van der Waals surface area contributed by atoms with Gasteiger partial charge in [-0.15, -0.1) is 10.2 Å². The van der Waals surface area contributed by atoms with Crippen LogP contribution in [0.15, 0.2) is 12.3 Å². The zero-order valence-corrected chi connectivity index (χ0v) is 5.05. The van der Waals surface area contributed by atoms with Crippen LogP contribution >= 0.6 is 12.6 Å². The van der Waals surface area contributed by atoms with E-state index in [1.165, 1.54) is 0 Å². The highest BCUT2D eigenvalue weighted by Gasteiger charge is 1.84. The summed E-state index contributed by atoms with van der Waals surface area (Å²) >= 11 is 3.98. The molecule has 8 heavy (non-hydrogen) atoms. The molecular weight excluding hydrogens is 122 g/mol. The van der Waals surface area contributed by atoms with Crippen LogP contribution < -0.4 is 0 Å². The molecule has 4 heteroatoms. The first-order valence-electron chi connectivity index (χ1n) is 2.17. The lowest BCUT2D eigenvalue weighted by Crippen LogP contribution is -1.89. The minimum atomic E-state index is 0.621. The fourth-order valence-electron chi connectivity index (χ4n) is 0.350. The molecular formula is C4H5N3S. The number of rotatable bonds is 1. The van der Waals surface area contributed by atoms with Crippen LogP contribution in [0.4, 0.5) is 0 Å². The molecule has 0 saturated heterocycles. The average molecular weight is 127 g/mol. The van der Waals surface area contributed by atoms with Crippen molar-refractivity contribution in [1.29, 1.82) is 0 Å². The molecule has 0 aliphatic carbocycles. The van der Waals surface area contributed by atoms with Crippen LogP contribution in [-0.2, 0) is 5.75 Å². The van der Waals surface area contributed by atoms with Crippen molar-refractivity contribution < 1.29 is 0 Å². The van der Waals surface area contributed by atoms with Crippen molar-refractivity contribution >= 4 is 12.6 Å². The Hall–Kier alpha value is -0.640. The van der Waals surface area contributed by atoms with E-state index in [4.69, 9.17) is 0 Å². The standard InChI is InChI=1S/C4H5N3S/c8-3-4-1-2-5-7-6-4/h1-2,8H,3H2. The van der Waals surface area contributed by atoms with E-state index in [1.807, 2.05) is 0 Å². The molecule has 1 rings (SSSR count). The zero-order valence-electron chi connectivity index (χ0n) is 4.15. The summed E-state index contributed by atoms with van der Waals surface area (Å²) in [7, 11) is 0. The fourth-order valence-corrected chi connectivity index (χ4v) is 0.519. The summed E-state index contributed by atoms with van der Waals surface area (Å²) in [6, 6.07) is 1.78. The van der Waals surface area contributed by atoms with Crippen LogP contribution in [0.3, 0.4) is 0 Å². The summed E-state index contributed by atoms with van der Waals surface area (Å²) < 4.78 is 0. The number of hydrogen-bond acceptors (Lipinski definition) is 4. The highest BCUT2D eigenvalue weighted by molar-refractivity contribution is 7.79. The summed E-state index contributed by atoms with van der Waals surface area (Å²) in [5.74, 6) is 0.621. The molecule has 1 heterocycles. The van der Waals surface area contributed by atoms with Crippen LogP contribution in [-0.4, -0.2) is 15.4 Å². The summed E-state index contributed by atoms with van der Waals surface area (Å²) in [5, 5.41) is 10.6. The predicted molar refractivity (Wildman–Crippen MR) is 32.5 cm³/mol. The van der Waals surface area contributed by atoms with Crippen molar-refractivity contribution in [2.24, 2.45) is 0 Å². The molecule has 1 aromatic heterocycles. The Balaban J connectivity index is 2.83. The Morgan fingerprint density at radius 3 is 2.88 bits per heavy atom. The van der Waals surface area contributed by atoms with Gasteiger partial charge in [0.15, 0.2) is 0 Å². The van der Waals surface area contributed by atoms with Crippen LogP contribution in [0.5, 0.6) is 0 Å². The van der Waals surface area contributed by atoms with Crippen molar-refractivity contribution in [1.82, 2.24) is 15.4 Å². The first kappa shape index (κ1) is 5.50. The maximum absolute atomic E-state index is 3.98. The van der Waals surface area contributed by atoms with E-state index in [0.717, 1.165) is 5.69 Å². The Bertz CT molecular complexity index is 153. The maximum Gasteiger partial charge on any atom is 0.0760 e. The molecule has 0 aromatic carbocycles. The average Bonchev–Trinajstić information content (AvgIpc) is 1.90. The van der Waals surface area contributed by atoms with Crippen molar-refractivity contribution in [3.8, 4) is 0 Å². The van der Waals surface area contributed by atoms with E-state index in [-0.39, 0.29) is 0 Å². The monoisotopic (exact) mass is 127 g/mol. The molecule has 1 aromatic rings. The van der Waals surface area contributed by atoms with Gasteiger partial charge in [0.25, 0.3) is 0 Å². The van der Waals surface area contributed by atoms with Gasteiger partial charge in [-0.2, -0.15) is 12.6 Å². The Morgan fingerprint density at radius 1 is 1.62 bits per heavy atom. The van der Waals surface area contributed by atoms with Crippen LogP contribution in [0.1, 0.15) is 5.69 Å². The summed E-state index contributed by atoms with van der Waals surface area (Å²) in [5.41, 5.74) is 0.850. The van der Waals surface area contributed by atoms with Gasteiger partial charge in [-0.05, 0) is 11.3 Å². The predicted octanol–water partition coefficient (Wildman–Crippen LogP) is 0.301. The highest BCUT2D eigenvalue weighted by atomic mass is 32.1. The van der Waals surface area contributed by atoms with Crippen LogP contribution in [0.25, 0.3) is 0 Å². The first-order chi connectivity index (χ1) is 3.93. The van der Waals surface area contributed by atoms with Gasteiger partial charge >= 0.3 is 0 Å². The fraction of sp³-hybridized carbons (Fsp3) is 0.250. The second kappa shape index (κ2) is 2.61. The number of thiol groups is 1. The molecule has 0 radical (unpaired) electrons. The smallest absolute Gasteiger partial charge is 0.0760 e. The molecule has 0 atom stereocenters. The Labute approximate surface area is 52.5 Å². The molecule has 0 aliphatic rings. The zero-order chi connectivity index (χ0) is 5.82. The number of nitrogens with zero attached hydrogens (tertiary/aromatic N) is 3. The van der Waals surface area contributed by atoms with E-state index in [9.17, 15) is 0 Å². The third-order valence-corrected chi connectivity index (χ3v) is 1.04. The minimum absolute atomic E-state index is 0.621. The molecule has 3 nitrogen and oxygen atoms in total. The largest absolute Gasteiger partial charge is 0.173 e. The van der Waals surface area contributed by atoms with Gasteiger partial charge in [0, 0.05) is 5.75 Å². The third-order valence-electron chi connectivity index (χ3n) is 0.720. The normalized spacial score (nSPS) is 9.12. The van der Waals surface area contributed by atoms with E-state index >= 15 is 0 Å². The second-order valence-corrected chi connectivity index (χ2v) is 1.59. The molecule has 0 unspecified atom stereocenters. The molecule has 42 valence electrons. The van der Waals surface area contributed by atoms with Gasteiger partial charge in [0.2, 0.25) is 0 Å². The quantitative estimate of drug-likeness (QED) is 0.551. The lowest BCUT2D eigenvalue weighted by Gasteiger charge is -1.85. The van der Waals surface area contributed by atoms with E-state index < -0.39 is 0 Å². The number of aromatic nitrogens is 3. The molecule has 0 saturated carbocycles. The van der Waals surface area contributed by atoms with Crippen molar-refractivity contribution in [2.75, 3.05) is 0 Å². The van der Waals surface area contributed by atoms with E-state index in [2.05, 4.69) is 28.0 Å². The number of hydrogen-bond donors (Lipinski definition) is 1. The summed E-state index contributed by atoms with van der Waals surface area (Å²) in [6.45, 7) is 0. The molecule has 0 N–H and O–H groups in total. The molecule has 0 fully saturated rings. The highest BCUT2D eigenvalue weighted by Crippen LogP contribution is 1.91. The SMILES string of the molecule is SCc1ccnnn1. The molecule has 0 aliphatic heterocycles. The Morgan fingerprint density at radius 2 is 2.50 bits per heavy atom. The summed E-state index contributed by atoms with van der Waals surface area (Å²) in [6.07, 6.45) is 1.60. The molecule has 0 amide bonds. The van der Waals surface area contributed by atoms with Gasteiger partial charge in [-0.3, -0.25) is 0 Å². The van der Waals surface area contributed by atoms with E-state index in [0.29, 0.717) is 5.75 Å². The Kier molecular flexibility index (Phi) is 1.80. The second-order valence-electron chi connectivity index (χ2n) is 1.27. The van der Waals surface area contributed by atoms with Gasteiger partial charge in [0.05, 0.1) is 11.9 Å². The van der Waals surface area contributed by atoms with Gasteiger partial charge in [-0.25, -0.2) is 0 Å². The van der Waals surface area contributed by atoms with Gasteiger partial charge in [0.1, 0.15) is 0 Å². The lowest BCUT2D eigenvalue weighted by atomic mass is 10.5. The first-order valence-corrected chi connectivity index (χ1v) is 2.81. The molecule has 0 bridgehead atoms. The summed E-state index contributed by atoms with van der Waals surface area (Å²) in [4.78, 5) is 0. The lowest BCUT2D eigenvalue weighted by molar-refractivity contribution is 0.835. The van der Waals surface area contributed by atoms with Crippen LogP contribution in [0.2, 0.25) is 0 Å². The topological polar surface area (TPSA) is 38.7 Å². The van der Waals surface area contributed by atoms with Crippen molar-refractivity contribution in [3.05, 3.63) is 18.0 Å². The van der Waals surface area contributed by atoms with Gasteiger partial charge in [-0.1, -0.05) is 0 Å². The van der Waals surface area contributed by atoms with Crippen molar-refractivity contribution in [2.45, 2.75) is 5.75 Å². The van der Waals surface area contributed by atoms with Crippen molar-refractivity contribution in [3.63, 3.8) is 0 Å². The third kappa shape index (κ3) is 1.16.